The van der Waals surface area contributed by atoms with Gasteiger partial charge in [0.1, 0.15) is 16.9 Å². The van der Waals surface area contributed by atoms with Crippen molar-refractivity contribution in [3.8, 4) is 5.75 Å². The molecule has 0 spiro atoms. The summed E-state index contributed by atoms with van der Waals surface area (Å²) in [6.45, 7) is 2.06. The highest BCUT2D eigenvalue weighted by atomic mass is 32.1. The van der Waals surface area contributed by atoms with E-state index in [2.05, 4.69) is 15.5 Å². The predicted octanol–water partition coefficient (Wildman–Crippen LogP) is 2.97. The summed E-state index contributed by atoms with van der Waals surface area (Å²) in [7, 11) is 1.62. The van der Waals surface area contributed by atoms with Gasteiger partial charge in [-0.25, -0.2) is 0 Å². The second-order valence-corrected chi connectivity index (χ2v) is 6.52. The molecule has 7 heteroatoms. The van der Waals surface area contributed by atoms with Gasteiger partial charge in [0.15, 0.2) is 0 Å². The maximum atomic E-state index is 12.1. The van der Waals surface area contributed by atoms with Crippen LogP contribution in [0.4, 0.5) is 5.13 Å². The lowest BCUT2D eigenvalue weighted by Gasteiger charge is -2.12. The van der Waals surface area contributed by atoms with Crippen LogP contribution in [0.1, 0.15) is 36.3 Å². The van der Waals surface area contributed by atoms with Gasteiger partial charge in [0.25, 0.3) is 5.91 Å². The van der Waals surface area contributed by atoms with Crippen LogP contribution in [-0.2, 0) is 16.1 Å². The highest BCUT2D eigenvalue weighted by Crippen LogP contribution is 2.42. The Morgan fingerprint density at radius 2 is 2.26 bits per heavy atom. The Bertz CT molecular complexity index is 685. The topological polar surface area (TPSA) is 73.3 Å². The van der Waals surface area contributed by atoms with Gasteiger partial charge in [-0.1, -0.05) is 23.5 Å². The summed E-state index contributed by atoms with van der Waals surface area (Å²) in [5, 5.41) is 12.4. The quantitative estimate of drug-likeness (QED) is 0.843. The number of hydrogen-bond donors (Lipinski definition) is 1. The van der Waals surface area contributed by atoms with Crippen LogP contribution in [-0.4, -0.2) is 29.3 Å². The number of carbonyl (C=O) groups excluding carboxylic acids is 1. The highest BCUT2D eigenvalue weighted by Gasteiger charge is 2.28. The molecule has 0 aliphatic heterocycles. The molecule has 1 heterocycles. The molecule has 1 N–H and O–H groups in total. The second kappa shape index (κ2) is 7.06. The molecular formula is C16H19N3O3S. The normalized spacial score (nSPS) is 15.2. The molecule has 1 aliphatic rings. The molecule has 1 amide bonds. The van der Waals surface area contributed by atoms with Gasteiger partial charge in [-0.3, -0.25) is 10.1 Å². The van der Waals surface area contributed by atoms with Gasteiger partial charge in [-0.15, -0.1) is 10.2 Å². The summed E-state index contributed by atoms with van der Waals surface area (Å²) in [4.78, 5) is 12.1. The molecule has 0 saturated heterocycles. The minimum atomic E-state index is -0.575. The number of nitrogens with one attached hydrogen (secondary N) is 1. The average molecular weight is 333 g/mol. The summed E-state index contributed by atoms with van der Waals surface area (Å²) in [6.07, 6.45) is 1.76. The van der Waals surface area contributed by atoms with Crippen molar-refractivity contribution < 1.29 is 14.3 Å². The standard InChI is InChI=1S/C16H19N3O3S/c1-10(22-9-11-4-3-5-13(8-11)21-2)14(20)17-16-19-18-15(23-16)12-6-7-12/h3-5,8,10,12H,6-7,9H2,1-2H3,(H,17,19,20)/t10-/m1/s1. The number of amides is 1. The Balaban J connectivity index is 1.50. The van der Waals surface area contributed by atoms with E-state index in [0.717, 1.165) is 16.3 Å². The summed E-state index contributed by atoms with van der Waals surface area (Å²) in [5.41, 5.74) is 0.955. The molecule has 1 atom stereocenters. The zero-order valence-corrected chi connectivity index (χ0v) is 13.9. The zero-order chi connectivity index (χ0) is 16.2. The number of methoxy groups -OCH3 is 1. The number of ether oxygens (including phenoxy) is 2. The first-order valence-corrected chi connectivity index (χ1v) is 8.36. The van der Waals surface area contributed by atoms with Crippen molar-refractivity contribution in [3.63, 3.8) is 0 Å². The van der Waals surface area contributed by atoms with Gasteiger partial charge >= 0.3 is 0 Å². The van der Waals surface area contributed by atoms with Gasteiger partial charge in [-0.2, -0.15) is 0 Å². The minimum Gasteiger partial charge on any atom is -0.497 e. The van der Waals surface area contributed by atoms with Crippen molar-refractivity contribution in [2.45, 2.75) is 38.4 Å². The van der Waals surface area contributed by atoms with Crippen LogP contribution >= 0.6 is 11.3 Å². The predicted molar refractivity (Wildman–Crippen MR) is 87.8 cm³/mol. The van der Waals surface area contributed by atoms with Crippen molar-refractivity contribution in [3.05, 3.63) is 34.8 Å². The third-order valence-electron chi connectivity index (χ3n) is 3.60. The van der Waals surface area contributed by atoms with Gasteiger partial charge in [0.05, 0.1) is 13.7 Å². The molecular weight excluding hydrogens is 314 g/mol. The van der Waals surface area contributed by atoms with Crippen LogP contribution in [0.5, 0.6) is 5.75 Å². The molecule has 6 nitrogen and oxygen atoms in total. The lowest BCUT2D eigenvalue weighted by Crippen LogP contribution is -2.27. The number of aromatic nitrogens is 2. The highest BCUT2D eigenvalue weighted by molar-refractivity contribution is 7.15. The largest absolute Gasteiger partial charge is 0.497 e. The molecule has 122 valence electrons. The maximum absolute atomic E-state index is 12.1. The minimum absolute atomic E-state index is 0.216. The molecule has 1 fully saturated rings. The van der Waals surface area contributed by atoms with Crippen molar-refractivity contribution in [1.29, 1.82) is 0 Å². The van der Waals surface area contributed by atoms with E-state index in [1.807, 2.05) is 24.3 Å². The Kier molecular flexibility index (Phi) is 4.88. The molecule has 3 rings (SSSR count). The zero-order valence-electron chi connectivity index (χ0n) is 13.1. The number of anilines is 1. The fraction of sp³-hybridized carbons (Fsp3) is 0.438. The van der Waals surface area contributed by atoms with E-state index in [-0.39, 0.29) is 5.91 Å². The van der Waals surface area contributed by atoms with E-state index in [0.29, 0.717) is 17.7 Å². The van der Waals surface area contributed by atoms with Crippen LogP contribution in [0.25, 0.3) is 0 Å². The number of hydrogen-bond acceptors (Lipinski definition) is 6. The first kappa shape index (κ1) is 15.9. The van der Waals surface area contributed by atoms with Crippen LogP contribution in [0.15, 0.2) is 24.3 Å². The molecule has 0 unspecified atom stereocenters. The molecule has 2 aromatic rings. The summed E-state index contributed by atoms with van der Waals surface area (Å²) >= 11 is 1.44. The van der Waals surface area contributed by atoms with Gasteiger partial charge in [0, 0.05) is 5.92 Å². The van der Waals surface area contributed by atoms with Crippen molar-refractivity contribution in [2.75, 3.05) is 12.4 Å². The Hall–Kier alpha value is -1.99. The number of rotatable bonds is 7. The lowest BCUT2D eigenvalue weighted by molar-refractivity contribution is -0.127. The summed E-state index contributed by atoms with van der Waals surface area (Å²) < 4.78 is 10.8. The molecule has 1 aromatic heterocycles. The van der Waals surface area contributed by atoms with Gasteiger partial charge < -0.3 is 9.47 Å². The first-order valence-electron chi connectivity index (χ1n) is 7.54. The van der Waals surface area contributed by atoms with E-state index in [1.54, 1.807) is 14.0 Å². The fourth-order valence-electron chi connectivity index (χ4n) is 2.05. The average Bonchev–Trinajstić information content (AvgIpc) is 3.32. The molecule has 1 aromatic carbocycles. The van der Waals surface area contributed by atoms with Crippen LogP contribution < -0.4 is 10.1 Å². The third kappa shape index (κ3) is 4.27. The molecule has 23 heavy (non-hydrogen) atoms. The Labute approximate surface area is 138 Å². The number of nitrogens with zero attached hydrogens (tertiary/aromatic N) is 2. The lowest BCUT2D eigenvalue weighted by atomic mass is 10.2. The number of benzene rings is 1. The molecule has 1 aliphatic carbocycles. The third-order valence-corrected chi connectivity index (χ3v) is 4.60. The number of carbonyl (C=O) groups is 1. The monoisotopic (exact) mass is 333 g/mol. The SMILES string of the molecule is COc1cccc(CO[C@H](C)C(=O)Nc2nnc(C3CC3)s2)c1. The van der Waals surface area contributed by atoms with E-state index >= 15 is 0 Å². The maximum Gasteiger partial charge on any atom is 0.255 e. The fourth-order valence-corrected chi connectivity index (χ4v) is 2.96. The van der Waals surface area contributed by atoms with Crippen LogP contribution in [0, 0.1) is 0 Å². The van der Waals surface area contributed by atoms with Gasteiger partial charge in [-0.05, 0) is 37.5 Å². The molecule has 0 bridgehead atoms. The first-order chi connectivity index (χ1) is 11.2. The van der Waals surface area contributed by atoms with E-state index in [9.17, 15) is 4.79 Å². The smallest absolute Gasteiger partial charge is 0.255 e. The van der Waals surface area contributed by atoms with Gasteiger partial charge in [0.2, 0.25) is 5.13 Å². The summed E-state index contributed by atoms with van der Waals surface area (Å²) in [6, 6.07) is 7.58. The Morgan fingerprint density at radius 3 is 3.00 bits per heavy atom. The Morgan fingerprint density at radius 1 is 1.43 bits per heavy atom. The molecule has 1 saturated carbocycles. The van der Waals surface area contributed by atoms with E-state index < -0.39 is 6.10 Å². The molecule has 0 radical (unpaired) electrons. The van der Waals surface area contributed by atoms with Crippen LogP contribution in [0.3, 0.4) is 0 Å². The second-order valence-electron chi connectivity index (χ2n) is 5.51. The van der Waals surface area contributed by atoms with Crippen molar-refractivity contribution >= 4 is 22.4 Å². The van der Waals surface area contributed by atoms with Crippen molar-refractivity contribution in [1.82, 2.24) is 10.2 Å². The summed E-state index contributed by atoms with van der Waals surface area (Å²) in [5.74, 6) is 1.09. The van der Waals surface area contributed by atoms with E-state index in [4.69, 9.17) is 9.47 Å². The van der Waals surface area contributed by atoms with Crippen molar-refractivity contribution in [2.24, 2.45) is 0 Å². The van der Waals surface area contributed by atoms with E-state index in [1.165, 1.54) is 24.2 Å². The van der Waals surface area contributed by atoms with Crippen LogP contribution in [0.2, 0.25) is 0 Å².